The van der Waals surface area contributed by atoms with E-state index in [0.29, 0.717) is 13.1 Å². The van der Waals surface area contributed by atoms with Gasteiger partial charge < -0.3 is 5.11 Å². The SMILES string of the molecule is O=C(O)c1ccc([N+](=O)[O-])cc1NS(=O)(=O)N1CCCC1. The van der Waals surface area contributed by atoms with Gasteiger partial charge in [-0.1, -0.05) is 0 Å². The Hall–Kier alpha value is -2.20. The van der Waals surface area contributed by atoms with Crippen LogP contribution in [0.2, 0.25) is 0 Å². The summed E-state index contributed by atoms with van der Waals surface area (Å²) in [7, 11) is -3.91. The number of carboxylic acids is 1. The van der Waals surface area contributed by atoms with Crippen LogP contribution in [0.1, 0.15) is 23.2 Å². The minimum atomic E-state index is -3.91. The van der Waals surface area contributed by atoms with Gasteiger partial charge in [0.15, 0.2) is 0 Å². The lowest BCUT2D eigenvalue weighted by molar-refractivity contribution is -0.384. The minimum Gasteiger partial charge on any atom is -0.478 e. The van der Waals surface area contributed by atoms with Crippen LogP contribution >= 0.6 is 0 Å². The predicted octanol–water partition coefficient (Wildman–Crippen LogP) is 1.05. The number of hydrogen-bond acceptors (Lipinski definition) is 5. The maximum atomic E-state index is 12.1. The quantitative estimate of drug-likeness (QED) is 0.617. The number of aromatic carboxylic acids is 1. The molecule has 10 heteroatoms. The van der Waals surface area contributed by atoms with Crippen molar-refractivity contribution < 1.29 is 23.2 Å². The maximum Gasteiger partial charge on any atom is 0.337 e. The topological polar surface area (TPSA) is 130 Å². The summed E-state index contributed by atoms with van der Waals surface area (Å²) in [4.78, 5) is 21.1. The Morgan fingerprint density at radius 1 is 1.33 bits per heavy atom. The molecule has 0 spiro atoms. The molecule has 0 radical (unpaired) electrons. The molecule has 1 aliphatic rings. The number of carboxylic acid groups (broad SMARTS) is 1. The number of nitrogens with zero attached hydrogens (tertiary/aromatic N) is 2. The number of nitrogens with one attached hydrogen (secondary N) is 1. The van der Waals surface area contributed by atoms with E-state index in [2.05, 4.69) is 4.72 Å². The van der Waals surface area contributed by atoms with Crippen molar-refractivity contribution in [3.63, 3.8) is 0 Å². The molecule has 9 nitrogen and oxygen atoms in total. The monoisotopic (exact) mass is 315 g/mol. The molecule has 0 aromatic heterocycles. The van der Waals surface area contributed by atoms with Crippen molar-refractivity contribution in [2.75, 3.05) is 17.8 Å². The average molecular weight is 315 g/mol. The molecule has 0 aliphatic carbocycles. The first-order valence-electron chi connectivity index (χ1n) is 6.11. The van der Waals surface area contributed by atoms with Crippen LogP contribution in [0.4, 0.5) is 11.4 Å². The summed E-state index contributed by atoms with van der Waals surface area (Å²) in [6.07, 6.45) is 1.45. The van der Waals surface area contributed by atoms with Gasteiger partial charge in [0.1, 0.15) is 0 Å². The first-order valence-corrected chi connectivity index (χ1v) is 7.55. The third kappa shape index (κ3) is 3.28. The van der Waals surface area contributed by atoms with Gasteiger partial charge >= 0.3 is 16.2 Å². The van der Waals surface area contributed by atoms with Crippen LogP contribution < -0.4 is 4.72 Å². The molecule has 0 unspecified atom stereocenters. The van der Waals surface area contributed by atoms with Crippen molar-refractivity contribution in [2.45, 2.75) is 12.8 Å². The van der Waals surface area contributed by atoms with Gasteiger partial charge in [-0.15, -0.1) is 0 Å². The van der Waals surface area contributed by atoms with Gasteiger partial charge in [-0.2, -0.15) is 12.7 Å². The largest absolute Gasteiger partial charge is 0.478 e. The number of hydrogen-bond donors (Lipinski definition) is 2. The fraction of sp³-hybridized carbons (Fsp3) is 0.364. The van der Waals surface area contributed by atoms with E-state index in [0.717, 1.165) is 31.0 Å². The van der Waals surface area contributed by atoms with E-state index < -0.39 is 21.1 Å². The molecule has 1 saturated heterocycles. The normalized spacial score (nSPS) is 15.8. The summed E-state index contributed by atoms with van der Waals surface area (Å²) in [6.45, 7) is 0.680. The second-order valence-corrected chi connectivity index (χ2v) is 6.18. The summed E-state index contributed by atoms with van der Waals surface area (Å²) in [5.41, 5.74) is -1.05. The highest BCUT2D eigenvalue weighted by Gasteiger charge is 2.27. The van der Waals surface area contributed by atoms with Gasteiger partial charge in [-0.05, 0) is 18.9 Å². The summed E-state index contributed by atoms with van der Waals surface area (Å²) in [6, 6.07) is 2.91. The molecule has 0 atom stereocenters. The summed E-state index contributed by atoms with van der Waals surface area (Å²) in [5, 5.41) is 19.8. The molecule has 2 rings (SSSR count). The Morgan fingerprint density at radius 2 is 1.95 bits per heavy atom. The van der Waals surface area contributed by atoms with Crippen LogP contribution in [0.5, 0.6) is 0 Å². The standard InChI is InChI=1S/C11H13N3O6S/c15-11(16)9-4-3-8(14(17)18)7-10(9)12-21(19,20)13-5-1-2-6-13/h3-4,7,12H,1-2,5-6H2,(H,15,16). The van der Waals surface area contributed by atoms with Crippen molar-refractivity contribution in [3.8, 4) is 0 Å². The highest BCUT2D eigenvalue weighted by molar-refractivity contribution is 7.90. The van der Waals surface area contributed by atoms with Gasteiger partial charge in [0, 0.05) is 25.2 Å². The average Bonchev–Trinajstić information content (AvgIpc) is 2.92. The summed E-state index contributed by atoms with van der Waals surface area (Å²) >= 11 is 0. The zero-order valence-electron chi connectivity index (χ0n) is 10.9. The molecule has 2 N–H and O–H groups in total. The van der Waals surface area contributed by atoms with Crippen LogP contribution in [0, 0.1) is 10.1 Å². The lowest BCUT2D eigenvalue weighted by atomic mass is 10.1. The van der Waals surface area contributed by atoms with E-state index in [4.69, 9.17) is 5.11 Å². The Morgan fingerprint density at radius 3 is 2.48 bits per heavy atom. The Kier molecular flexibility index (Phi) is 4.09. The molecule has 0 amide bonds. The third-order valence-electron chi connectivity index (χ3n) is 3.09. The van der Waals surface area contributed by atoms with Crippen molar-refractivity contribution in [3.05, 3.63) is 33.9 Å². The zero-order valence-corrected chi connectivity index (χ0v) is 11.7. The third-order valence-corrected chi connectivity index (χ3v) is 4.61. The number of nitro benzene ring substituents is 1. The van der Waals surface area contributed by atoms with Crippen molar-refractivity contribution in [1.82, 2.24) is 4.31 Å². The van der Waals surface area contributed by atoms with Crippen LogP contribution in [-0.2, 0) is 10.2 Å². The molecular formula is C11H13N3O6S. The molecule has 1 aliphatic heterocycles. The van der Waals surface area contributed by atoms with Crippen LogP contribution in [0.15, 0.2) is 18.2 Å². The van der Waals surface area contributed by atoms with Gasteiger partial charge in [0.2, 0.25) is 0 Å². The zero-order chi connectivity index (χ0) is 15.6. The summed E-state index contributed by atoms with van der Waals surface area (Å²) < 4.78 is 27.5. The van der Waals surface area contributed by atoms with Gasteiger partial charge in [-0.3, -0.25) is 14.8 Å². The number of non-ortho nitro benzene ring substituents is 1. The first-order chi connectivity index (χ1) is 9.81. The molecule has 0 bridgehead atoms. The van der Waals surface area contributed by atoms with Crippen molar-refractivity contribution in [2.24, 2.45) is 0 Å². The molecule has 21 heavy (non-hydrogen) atoms. The van der Waals surface area contributed by atoms with E-state index in [1.807, 2.05) is 0 Å². The molecule has 1 fully saturated rings. The van der Waals surface area contributed by atoms with Gasteiger partial charge in [0.25, 0.3) is 5.69 Å². The number of rotatable bonds is 5. The Balaban J connectivity index is 2.39. The second kappa shape index (κ2) is 5.66. The lowest BCUT2D eigenvalue weighted by Gasteiger charge is -2.17. The van der Waals surface area contributed by atoms with Crippen molar-refractivity contribution >= 4 is 27.6 Å². The molecule has 114 valence electrons. The minimum absolute atomic E-state index is 0.316. The number of carbonyl (C=O) groups is 1. The van der Waals surface area contributed by atoms with Crippen LogP contribution in [0.25, 0.3) is 0 Å². The smallest absolute Gasteiger partial charge is 0.337 e. The van der Waals surface area contributed by atoms with Crippen LogP contribution in [0.3, 0.4) is 0 Å². The molecule has 1 aromatic carbocycles. The Labute approximate surface area is 120 Å². The predicted molar refractivity (Wildman–Crippen MR) is 73.4 cm³/mol. The maximum absolute atomic E-state index is 12.1. The molecule has 1 aromatic rings. The number of anilines is 1. The molecule has 1 heterocycles. The summed E-state index contributed by atoms with van der Waals surface area (Å²) in [5.74, 6) is -1.37. The van der Waals surface area contributed by atoms with Gasteiger partial charge in [-0.25, -0.2) is 4.79 Å². The lowest BCUT2D eigenvalue weighted by Crippen LogP contribution is -2.33. The molecule has 0 saturated carbocycles. The molecular weight excluding hydrogens is 302 g/mol. The van der Waals surface area contributed by atoms with Crippen molar-refractivity contribution in [1.29, 1.82) is 0 Å². The van der Waals surface area contributed by atoms with E-state index in [1.165, 1.54) is 4.31 Å². The Bertz CT molecular complexity index is 681. The second-order valence-electron chi connectivity index (χ2n) is 4.51. The van der Waals surface area contributed by atoms with E-state index in [1.54, 1.807) is 0 Å². The number of benzene rings is 1. The van der Waals surface area contributed by atoms with E-state index in [9.17, 15) is 23.3 Å². The fourth-order valence-electron chi connectivity index (χ4n) is 2.05. The van der Waals surface area contributed by atoms with E-state index in [-0.39, 0.29) is 16.9 Å². The first kappa shape index (κ1) is 15.2. The highest BCUT2D eigenvalue weighted by Crippen LogP contribution is 2.25. The van der Waals surface area contributed by atoms with Crippen LogP contribution in [-0.4, -0.2) is 41.8 Å². The van der Waals surface area contributed by atoms with Gasteiger partial charge in [0.05, 0.1) is 16.2 Å². The highest BCUT2D eigenvalue weighted by atomic mass is 32.2. The fourth-order valence-corrected chi connectivity index (χ4v) is 3.36. The number of nitro groups is 1. The van der Waals surface area contributed by atoms with E-state index >= 15 is 0 Å².